The van der Waals surface area contributed by atoms with Crippen LogP contribution in [0.15, 0.2) is 0 Å². The standard InChI is InChI=1S/C14H28/c1-14(2,3)13-11-9-7-5-4-6-8-10-12-13/h13H,4-12H2,1-3H3. The first-order valence-electron chi connectivity index (χ1n) is 6.61. The minimum Gasteiger partial charge on any atom is -0.0599 e. The van der Waals surface area contributed by atoms with E-state index in [4.69, 9.17) is 0 Å². The molecule has 14 heavy (non-hydrogen) atoms. The Labute approximate surface area is 90.5 Å². The van der Waals surface area contributed by atoms with E-state index in [1.54, 1.807) is 0 Å². The third kappa shape index (κ3) is 4.48. The summed E-state index contributed by atoms with van der Waals surface area (Å²) in [6, 6.07) is 0. The summed E-state index contributed by atoms with van der Waals surface area (Å²) in [5.74, 6) is 0.973. The minimum absolute atomic E-state index is 0.541. The Kier molecular flexibility index (Phi) is 4.98. The maximum Gasteiger partial charge on any atom is -0.0354 e. The van der Waals surface area contributed by atoms with Crippen molar-refractivity contribution in [1.29, 1.82) is 0 Å². The van der Waals surface area contributed by atoms with Crippen LogP contribution in [0.4, 0.5) is 0 Å². The second-order valence-electron chi connectivity index (χ2n) is 6.12. The van der Waals surface area contributed by atoms with Gasteiger partial charge in [0.25, 0.3) is 0 Å². The molecule has 0 spiro atoms. The first kappa shape index (κ1) is 12.1. The molecule has 1 rings (SSSR count). The summed E-state index contributed by atoms with van der Waals surface area (Å²) in [5, 5.41) is 0. The zero-order valence-electron chi connectivity index (χ0n) is 10.4. The van der Waals surface area contributed by atoms with E-state index in [0.29, 0.717) is 5.41 Å². The molecule has 0 heteroatoms. The Morgan fingerprint density at radius 1 is 0.643 bits per heavy atom. The molecule has 1 saturated carbocycles. The third-order valence-corrected chi connectivity index (χ3v) is 3.83. The van der Waals surface area contributed by atoms with Gasteiger partial charge in [-0.3, -0.25) is 0 Å². The SMILES string of the molecule is CC(C)(C)C1CCCCCCCCC1. The quantitative estimate of drug-likeness (QED) is 0.501. The smallest absolute Gasteiger partial charge is 0.0354 e. The fourth-order valence-electron chi connectivity index (χ4n) is 2.68. The van der Waals surface area contributed by atoms with Crippen molar-refractivity contribution in [2.75, 3.05) is 0 Å². The Bertz CT molecular complexity index is 131. The fraction of sp³-hybridized carbons (Fsp3) is 1.00. The molecule has 0 aromatic heterocycles. The van der Waals surface area contributed by atoms with Gasteiger partial charge in [0, 0.05) is 0 Å². The van der Waals surface area contributed by atoms with Crippen molar-refractivity contribution in [3.05, 3.63) is 0 Å². The van der Waals surface area contributed by atoms with Crippen LogP contribution in [-0.2, 0) is 0 Å². The highest BCUT2D eigenvalue weighted by atomic mass is 14.3. The second kappa shape index (κ2) is 5.78. The van der Waals surface area contributed by atoms with Gasteiger partial charge in [0.2, 0.25) is 0 Å². The first-order chi connectivity index (χ1) is 6.61. The van der Waals surface area contributed by atoms with Crippen LogP contribution in [0.25, 0.3) is 0 Å². The summed E-state index contributed by atoms with van der Waals surface area (Å²) in [7, 11) is 0. The summed E-state index contributed by atoms with van der Waals surface area (Å²) in [6.45, 7) is 7.26. The Hall–Kier alpha value is 0. The molecule has 0 bridgehead atoms. The van der Waals surface area contributed by atoms with E-state index in [0.717, 1.165) is 5.92 Å². The summed E-state index contributed by atoms with van der Waals surface area (Å²) in [5.41, 5.74) is 0.541. The van der Waals surface area contributed by atoms with Gasteiger partial charge >= 0.3 is 0 Å². The number of rotatable bonds is 0. The number of hydrogen-bond donors (Lipinski definition) is 0. The molecule has 0 heterocycles. The van der Waals surface area contributed by atoms with Crippen molar-refractivity contribution in [1.82, 2.24) is 0 Å². The van der Waals surface area contributed by atoms with E-state index in [1.807, 2.05) is 0 Å². The Morgan fingerprint density at radius 3 is 1.36 bits per heavy atom. The molecular weight excluding hydrogens is 168 g/mol. The molecule has 1 aliphatic carbocycles. The average Bonchev–Trinajstić information content (AvgIpc) is 2.12. The fourth-order valence-corrected chi connectivity index (χ4v) is 2.68. The van der Waals surface area contributed by atoms with E-state index in [2.05, 4.69) is 20.8 Å². The molecule has 0 unspecified atom stereocenters. The van der Waals surface area contributed by atoms with Crippen LogP contribution < -0.4 is 0 Å². The maximum absolute atomic E-state index is 2.42. The molecule has 1 aliphatic rings. The molecule has 0 radical (unpaired) electrons. The van der Waals surface area contributed by atoms with Crippen molar-refractivity contribution < 1.29 is 0 Å². The molecule has 84 valence electrons. The lowest BCUT2D eigenvalue weighted by molar-refractivity contribution is 0.198. The molecule has 0 N–H and O–H groups in total. The summed E-state index contributed by atoms with van der Waals surface area (Å²) in [4.78, 5) is 0. The lowest BCUT2D eigenvalue weighted by Gasteiger charge is -2.31. The first-order valence-corrected chi connectivity index (χ1v) is 6.61. The normalized spacial score (nSPS) is 23.4. The van der Waals surface area contributed by atoms with Crippen molar-refractivity contribution in [2.45, 2.75) is 78.6 Å². The summed E-state index contributed by atoms with van der Waals surface area (Å²) >= 11 is 0. The molecule has 0 atom stereocenters. The lowest BCUT2D eigenvalue weighted by Crippen LogP contribution is -2.20. The van der Waals surface area contributed by atoms with Crippen molar-refractivity contribution in [3.8, 4) is 0 Å². The van der Waals surface area contributed by atoms with E-state index in [9.17, 15) is 0 Å². The Morgan fingerprint density at radius 2 is 1.00 bits per heavy atom. The molecule has 0 saturated heterocycles. The second-order valence-corrected chi connectivity index (χ2v) is 6.12. The van der Waals surface area contributed by atoms with Crippen LogP contribution in [0.1, 0.15) is 78.6 Å². The monoisotopic (exact) mass is 196 g/mol. The van der Waals surface area contributed by atoms with Crippen LogP contribution in [0, 0.1) is 11.3 Å². The Balaban J connectivity index is 2.38. The van der Waals surface area contributed by atoms with Crippen LogP contribution >= 0.6 is 0 Å². The van der Waals surface area contributed by atoms with Crippen molar-refractivity contribution in [2.24, 2.45) is 11.3 Å². The van der Waals surface area contributed by atoms with Gasteiger partial charge in [0.1, 0.15) is 0 Å². The zero-order valence-corrected chi connectivity index (χ0v) is 10.4. The number of hydrogen-bond acceptors (Lipinski definition) is 0. The van der Waals surface area contributed by atoms with E-state index >= 15 is 0 Å². The molecule has 0 aromatic carbocycles. The van der Waals surface area contributed by atoms with Gasteiger partial charge in [0.15, 0.2) is 0 Å². The van der Waals surface area contributed by atoms with Gasteiger partial charge in [-0.2, -0.15) is 0 Å². The predicted octanol–water partition coefficient (Wildman–Crippen LogP) is 5.17. The van der Waals surface area contributed by atoms with Crippen LogP contribution in [0.3, 0.4) is 0 Å². The highest BCUT2D eigenvalue weighted by Crippen LogP contribution is 2.35. The molecule has 1 fully saturated rings. The predicted molar refractivity (Wildman–Crippen MR) is 64.5 cm³/mol. The van der Waals surface area contributed by atoms with Gasteiger partial charge in [-0.25, -0.2) is 0 Å². The average molecular weight is 196 g/mol. The van der Waals surface area contributed by atoms with Gasteiger partial charge in [-0.15, -0.1) is 0 Å². The van der Waals surface area contributed by atoms with Crippen LogP contribution in [-0.4, -0.2) is 0 Å². The molecule has 0 nitrogen and oxygen atoms in total. The third-order valence-electron chi connectivity index (χ3n) is 3.83. The zero-order chi connectivity index (χ0) is 10.4. The highest BCUT2D eigenvalue weighted by molar-refractivity contribution is 4.74. The van der Waals surface area contributed by atoms with Crippen molar-refractivity contribution >= 4 is 0 Å². The maximum atomic E-state index is 2.42. The lowest BCUT2D eigenvalue weighted by atomic mass is 9.74. The van der Waals surface area contributed by atoms with E-state index in [-0.39, 0.29) is 0 Å². The van der Waals surface area contributed by atoms with Gasteiger partial charge in [-0.1, -0.05) is 65.7 Å². The molecule has 0 aliphatic heterocycles. The molecule has 0 aromatic rings. The van der Waals surface area contributed by atoms with Crippen LogP contribution in [0.5, 0.6) is 0 Å². The largest absolute Gasteiger partial charge is 0.0599 e. The van der Waals surface area contributed by atoms with Crippen molar-refractivity contribution in [3.63, 3.8) is 0 Å². The minimum atomic E-state index is 0.541. The van der Waals surface area contributed by atoms with Gasteiger partial charge in [-0.05, 0) is 24.2 Å². The molecular formula is C14H28. The molecule has 0 amide bonds. The van der Waals surface area contributed by atoms with Gasteiger partial charge < -0.3 is 0 Å². The summed E-state index contributed by atoms with van der Waals surface area (Å²) in [6.07, 6.45) is 13.3. The summed E-state index contributed by atoms with van der Waals surface area (Å²) < 4.78 is 0. The highest BCUT2D eigenvalue weighted by Gasteiger charge is 2.23. The van der Waals surface area contributed by atoms with Crippen LogP contribution in [0.2, 0.25) is 0 Å². The van der Waals surface area contributed by atoms with E-state index in [1.165, 1.54) is 57.8 Å². The van der Waals surface area contributed by atoms with E-state index < -0.39 is 0 Å². The topological polar surface area (TPSA) is 0 Å². The van der Waals surface area contributed by atoms with Gasteiger partial charge in [0.05, 0.1) is 0 Å².